The summed E-state index contributed by atoms with van der Waals surface area (Å²) in [5.41, 5.74) is 1.22. The van der Waals surface area contributed by atoms with Crippen LogP contribution in [0.2, 0.25) is 5.02 Å². The molecule has 0 radical (unpaired) electrons. The lowest BCUT2D eigenvalue weighted by Crippen LogP contribution is -1.98. The first-order valence-electron chi connectivity index (χ1n) is 5.02. The first-order valence-corrected chi connectivity index (χ1v) is 5.40. The quantitative estimate of drug-likeness (QED) is 0.833. The molecule has 1 aromatic heterocycles. The maximum absolute atomic E-state index is 8.83. The molecule has 0 fully saturated rings. The van der Waals surface area contributed by atoms with Crippen LogP contribution in [0, 0.1) is 11.3 Å². The van der Waals surface area contributed by atoms with E-state index in [1.54, 1.807) is 24.4 Å². The predicted octanol–water partition coefficient (Wildman–Crippen LogP) is 3.19. The zero-order chi connectivity index (χ0) is 12.1. The van der Waals surface area contributed by atoms with Gasteiger partial charge in [-0.15, -0.1) is 0 Å². The van der Waals surface area contributed by atoms with Crippen LogP contribution >= 0.6 is 11.6 Å². The molecular formula is C13H9ClN2O. The van der Waals surface area contributed by atoms with E-state index in [-0.39, 0.29) is 0 Å². The van der Waals surface area contributed by atoms with Crippen LogP contribution in [0.1, 0.15) is 11.3 Å². The van der Waals surface area contributed by atoms with Gasteiger partial charge in [0.25, 0.3) is 0 Å². The topological polar surface area (TPSA) is 45.9 Å². The third-order valence-electron chi connectivity index (χ3n) is 2.19. The standard InChI is InChI=1S/C13H9ClN2O/c14-13-10(8-15)4-3-6-12(13)17-9-11-5-1-2-7-16-11/h1-7H,9H2. The predicted molar refractivity (Wildman–Crippen MR) is 64.7 cm³/mol. The van der Waals surface area contributed by atoms with E-state index in [2.05, 4.69) is 4.98 Å². The number of ether oxygens (including phenoxy) is 1. The van der Waals surface area contributed by atoms with Crippen molar-refractivity contribution in [2.75, 3.05) is 0 Å². The second-order valence-electron chi connectivity index (χ2n) is 3.34. The lowest BCUT2D eigenvalue weighted by Gasteiger charge is -2.07. The van der Waals surface area contributed by atoms with E-state index >= 15 is 0 Å². The van der Waals surface area contributed by atoms with Gasteiger partial charge in [0, 0.05) is 6.20 Å². The third kappa shape index (κ3) is 2.74. The Morgan fingerprint density at radius 2 is 2.12 bits per heavy atom. The summed E-state index contributed by atoms with van der Waals surface area (Å²) in [5.74, 6) is 0.497. The van der Waals surface area contributed by atoms with Gasteiger partial charge < -0.3 is 4.74 Å². The second kappa shape index (κ2) is 5.33. The highest BCUT2D eigenvalue weighted by atomic mass is 35.5. The number of pyridine rings is 1. The fraction of sp³-hybridized carbons (Fsp3) is 0.0769. The highest BCUT2D eigenvalue weighted by molar-refractivity contribution is 6.33. The molecule has 0 aliphatic heterocycles. The molecule has 84 valence electrons. The number of nitriles is 1. The highest BCUT2D eigenvalue weighted by Gasteiger charge is 2.06. The fourth-order valence-electron chi connectivity index (χ4n) is 1.34. The number of aromatic nitrogens is 1. The average Bonchev–Trinajstić information content (AvgIpc) is 2.39. The van der Waals surface area contributed by atoms with E-state index in [0.717, 1.165) is 5.69 Å². The maximum atomic E-state index is 8.83. The molecule has 0 aliphatic carbocycles. The van der Waals surface area contributed by atoms with E-state index in [0.29, 0.717) is 22.9 Å². The molecule has 1 aromatic carbocycles. The van der Waals surface area contributed by atoms with Gasteiger partial charge in [-0.2, -0.15) is 5.26 Å². The first-order chi connectivity index (χ1) is 8.31. The Balaban J connectivity index is 2.13. The summed E-state index contributed by atoms with van der Waals surface area (Å²) in [6, 6.07) is 12.7. The van der Waals surface area contributed by atoms with Gasteiger partial charge in [0.05, 0.1) is 11.3 Å². The molecule has 0 atom stereocenters. The highest BCUT2D eigenvalue weighted by Crippen LogP contribution is 2.27. The molecule has 4 heteroatoms. The van der Waals surface area contributed by atoms with Gasteiger partial charge in [-0.3, -0.25) is 4.98 Å². The van der Waals surface area contributed by atoms with E-state index in [1.165, 1.54) is 0 Å². The summed E-state index contributed by atoms with van der Waals surface area (Å²) in [4.78, 5) is 4.13. The first kappa shape index (κ1) is 11.4. The molecule has 0 spiro atoms. The minimum atomic E-state index is 0.329. The van der Waals surface area contributed by atoms with Crippen molar-refractivity contribution in [1.29, 1.82) is 5.26 Å². The number of hydrogen-bond acceptors (Lipinski definition) is 3. The van der Waals surface area contributed by atoms with Crippen molar-refractivity contribution in [2.24, 2.45) is 0 Å². The number of hydrogen-bond donors (Lipinski definition) is 0. The van der Waals surface area contributed by atoms with Crippen molar-refractivity contribution >= 4 is 11.6 Å². The third-order valence-corrected chi connectivity index (χ3v) is 2.58. The fourth-order valence-corrected chi connectivity index (χ4v) is 1.57. The largest absolute Gasteiger partial charge is 0.486 e. The van der Waals surface area contributed by atoms with E-state index in [9.17, 15) is 0 Å². The van der Waals surface area contributed by atoms with Gasteiger partial charge in [0.2, 0.25) is 0 Å². The maximum Gasteiger partial charge on any atom is 0.139 e. The number of benzene rings is 1. The Bertz CT molecular complexity index is 549. The van der Waals surface area contributed by atoms with Crippen molar-refractivity contribution in [1.82, 2.24) is 4.98 Å². The molecule has 3 nitrogen and oxygen atoms in total. The molecule has 0 unspecified atom stereocenters. The molecule has 2 rings (SSSR count). The monoisotopic (exact) mass is 244 g/mol. The van der Waals surface area contributed by atoms with E-state index in [4.69, 9.17) is 21.6 Å². The van der Waals surface area contributed by atoms with Crippen LogP contribution in [-0.4, -0.2) is 4.98 Å². The number of halogens is 1. The van der Waals surface area contributed by atoms with Crippen molar-refractivity contribution in [3.63, 3.8) is 0 Å². The second-order valence-corrected chi connectivity index (χ2v) is 3.72. The van der Waals surface area contributed by atoms with Crippen molar-refractivity contribution in [3.05, 3.63) is 58.9 Å². The van der Waals surface area contributed by atoms with Crippen LogP contribution in [0.3, 0.4) is 0 Å². The molecule has 0 saturated carbocycles. The molecule has 0 amide bonds. The molecule has 1 heterocycles. The minimum Gasteiger partial charge on any atom is -0.486 e. The molecular weight excluding hydrogens is 236 g/mol. The minimum absolute atomic E-state index is 0.329. The lowest BCUT2D eigenvalue weighted by molar-refractivity contribution is 0.301. The molecule has 17 heavy (non-hydrogen) atoms. The zero-order valence-corrected chi connectivity index (χ0v) is 9.69. The molecule has 2 aromatic rings. The van der Waals surface area contributed by atoms with Crippen molar-refractivity contribution < 1.29 is 4.74 Å². The number of nitrogens with zero attached hydrogens (tertiary/aromatic N) is 2. The average molecular weight is 245 g/mol. The van der Waals surface area contributed by atoms with Crippen molar-refractivity contribution in [2.45, 2.75) is 6.61 Å². The van der Waals surface area contributed by atoms with Crippen LogP contribution in [-0.2, 0) is 6.61 Å². The summed E-state index contributed by atoms with van der Waals surface area (Å²) in [6.07, 6.45) is 1.70. The Morgan fingerprint density at radius 3 is 2.82 bits per heavy atom. The van der Waals surface area contributed by atoms with Crippen LogP contribution < -0.4 is 4.74 Å². The molecule has 0 saturated heterocycles. The SMILES string of the molecule is N#Cc1cccc(OCc2ccccn2)c1Cl. The Kier molecular flexibility index (Phi) is 3.59. The van der Waals surface area contributed by atoms with Crippen molar-refractivity contribution in [3.8, 4) is 11.8 Å². The Labute approximate surface area is 104 Å². The number of rotatable bonds is 3. The van der Waals surface area contributed by atoms with Crippen LogP contribution in [0.5, 0.6) is 5.75 Å². The Morgan fingerprint density at radius 1 is 1.24 bits per heavy atom. The normalized spacial score (nSPS) is 9.65. The van der Waals surface area contributed by atoms with Gasteiger partial charge in [0.15, 0.2) is 0 Å². The van der Waals surface area contributed by atoms with Crippen LogP contribution in [0.15, 0.2) is 42.6 Å². The summed E-state index contributed by atoms with van der Waals surface area (Å²) in [6.45, 7) is 0.329. The molecule has 0 bridgehead atoms. The van der Waals surface area contributed by atoms with Crippen LogP contribution in [0.4, 0.5) is 0 Å². The summed E-state index contributed by atoms with van der Waals surface area (Å²) < 4.78 is 5.52. The zero-order valence-electron chi connectivity index (χ0n) is 8.93. The van der Waals surface area contributed by atoms with Gasteiger partial charge in [-0.1, -0.05) is 23.7 Å². The van der Waals surface area contributed by atoms with Gasteiger partial charge in [-0.05, 0) is 24.3 Å². The smallest absolute Gasteiger partial charge is 0.139 e. The van der Waals surface area contributed by atoms with Crippen LogP contribution in [0.25, 0.3) is 0 Å². The van der Waals surface area contributed by atoms with E-state index < -0.39 is 0 Å². The lowest BCUT2D eigenvalue weighted by atomic mass is 10.2. The van der Waals surface area contributed by atoms with E-state index in [1.807, 2.05) is 24.3 Å². The Hall–Kier alpha value is -2.05. The molecule has 0 aliphatic rings. The van der Waals surface area contributed by atoms with Gasteiger partial charge in [0.1, 0.15) is 23.4 Å². The van der Waals surface area contributed by atoms with Gasteiger partial charge in [-0.25, -0.2) is 0 Å². The summed E-state index contributed by atoms with van der Waals surface area (Å²) in [7, 11) is 0. The molecule has 0 N–H and O–H groups in total. The summed E-state index contributed by atoms with van der Waals surface area (Å²) in [5, 5.41) is 9.16. The van der Waals surface area contributed by atoms with Gasteiger partial charge >= 0.3 is 0 Å². The summed E-state index contributed by atoms with van der Waals surface area (Å²) >= 11 is 6.01.